The minimum atomic E-state index is -4.58. The summed E-state index contributed by atoms with van der Waals surface area (Å²) < 4.78 is 82.7. The van der Waals surface area contributed by atoms with Crippen LogP contribution in [0.2, 0.25) is 0 Å². The number of anilines is 1. The van der Waals surface area contributed by atoms with E-state index in [4.69, 9.17) is 10.5 Å². The zero-order chi connectivity index (χ0) is 27.4. The Morgan fingerprint density at radius 2 is 1.84 bits per heavy atom. The average Bonchev–Trinajstić information content (AvgIpc) is 3.60. The number of likely N-dealkylation sites (tertiary alicyclic amines) is 1. The lowest BCUT2D eigenvalue weighted by molar-refractivity contribution is -0.137. The Hall–Kier alpha value is -3.45. The van der Waals surface area contributed by atoms with Gasteiger partial charge in [0.05, 0.1) is 22.9 Å². The van der Waals surface area contributed by atoms with E-state index in [1.807, 2.05) is 0 Å². The molecule has 2 fully saturated rings. The second-order valence-electron chi connectivity index (χ2n) is 8.90. The first-order chi connectivity index (χ1) is 17.2. The summed E-state index contributed by atoms with van der Waals surface area (Å²) in [5.74, 6) is -0.893. The highest BCUT2D eigenvalue weighted by atomic mass is 19.4. The Balaban J connectivity index is 1.76. The SMILES string of the molecule is CC(=O)N1C[C@@H](NC(=O)/C(C=NCC(F)(F)F)=C/N)C[C@@H](Nc2cc(C(F)(F)F)ccc2OC2CC2)C1. The van der Waals surface area contributed by atoms with Gasteiger partial charge in [-0.1, -0.05) is 0 Å². The van der Waals surface area contributed by atoms with Crippen LogP contribution in [0.5, 0.6) is 5.75 Å². The first-order valence-electron chi connectivity index (χ1n) is 11.4. The van der Waals surface area contributed by atoms with Gasteiger partial charge in [-0.3, -0.25) is 14.6 Å². The molecule has 2 amide bonds. The summed E-state index contributed by atoms with van der Waals surface area (Å²) in [7, 11) is 0. The van der Waals surface area contributed by atoms with Crippen molar-refractivity contribution in [2.24, 2.45) is 10.7 Å². The molecule has 1 aromatic rings. The molecule has 2 atom stereocenters. The van der Waals surface area contributed by atoms with Crippen LogP contribution in [0.1, 0.15) is 31.7 Å². The third-order valence-corrected chi connectivity index (χ3v) is 5.66. The van der Waals surface area contributed by atoms with E-state index < -0.39 is 42.5 Å². The first-order valence-corrected chi connectivity index (χ1v) is 11.4. The van der Waals surface area contributed by atoms with Crippen molar-refractivity contribution in [1.82, 2.24) is 10.2 Å². The normalized spacial score (nSPS) is 21.2. The van der Waals surface area contributed by atoms with Crippen molar-refractivity contribution in [3.63, 3.8) is 0 Å². The van der Waals surface area contributed by atoms with Crippen LogP contribution in [0, 0.1) is 0 Å². The Morgan fingerprint density at radius 1 is 1.16 bits per heavy atom. The van der Waals surface area contributed by atoms with E-state index in [0.717, 1.165) is 31.2 Å². The summed E-state index contributed by atoms with van der Waals surface area (Å²) >= 11 is 0. The third-order valence-electron chi connectivity index (χ3n) is 5.66. The van der Waals surface area contributed by atoms with Crippen molar-refractivity contribution < 1.29 is 40.7 Å². The number of aliphatic imine (C=N–C) groups is 1. The highest BCUT2D eigenvalue weighted by Crippen LogP contribution is 2.38. The van der Waals surface area contributed by atoms with Gasteiger partial charge in [0.15, 0.2) is 0 Å². The van der Waals surface area contributed by atoms with Crippen molar-refractivity contribution in [2.75, 3.05) is 25.0 Å². The smallest absolute Gasteiger partial charge is 0.416 e. The van der Waals surface area contributed by atoms with Crippen LogP contribution < -0.4 is 21.1 Å². The van der Waals surface area contributed by atoms with Crippen molar-refractivity contribution in [3.8, 4) is 5.75 Å². The van der Waals surface area contributed by atoms with Gasteiger partial charge in [0, 0.05) is 44.5 Å². The molecule has 204 valence electrons. The summed E-state index contributed by atoms with van der Waals surface area (Å²) in [6, 6.07) is 1.86. The summed E-state index contributed by atoms with van der Waals surface area (Å²) in [5, 5.41) is 5.62. The molecule has 14 heteroatoms. The zero-order valence-corrected chi connectivity index (χ0v) is 19.8. The van der Waals surface area contributed by atoms with E-state index in [0.29, 0.717) is 6.21 Å². The molecule has 0 bridgehead atoms. The number of nitrogens with one attached hydrogen (secondary N) is 2. The molecule has 1 saturated carbocycles. The third kappa shape index (κ3) is 8.57. The lowest BCUT2D eigenvalue weighted by atomic mass is 9.99. The molecule has 1 saturated heterocycles. The second kappa shape index (κ2) is 11.3. The number of rotatable bonds is 8. The second-order valence-corrected chi connectivity index (χ2v) is 8.90. The Kier molecular flexibility index (Phi) is 8.59. The predicted molar refractivity (Wildman–Crippen MR) is 123 cm³/mol. The van der Waals surface area contributed by atoms with Crippen LogP contribution in [-0.4, -0.2) is 66.9 Å². The molecular formula is C23H27F6N5O3. The van der Waals surface area contributed by atoms with Crippen LogP contribution in [-0.2, 0) is 15.8 Å². The van der Waals surface area contributed by atoms with Gasteiger partial charge in [-0.2, -0.15) is 26.3 Å². The Morgan fingerprint density at radius 3 is 2.41 bits per heavy atom. The number of hydrogen-bond acceptors (Lipinski definition) is 6. The van der Waals surface area contributed by atoms with Crippen molar-refractivity contribution >= 4 is 23.7 Å². The van der Waals surface area contributed by atoms with E-state index in [9.17, 15) is 35.9 Å². The summed E-state index contributed by atoms with van der Waals surface area (Å²) in [6.07, 6.45) is -5.92. The molecule has 1 aliphatic carbocycles. The van der Waals surface area contributed by atoms with E-state index >= 15 is 0 Å². The standard InChI is InChI=1S/C23H27F6N5O3/c1-13(35)34-10-16(7-17(11-34)33-21(36)14(8-30)9-31-12-22(24,25)26)32-19-6-15(23(27,28)29)2-5-20(19)37-18-3-4-18/h2,5-6,8-9,16-18,32H,3-4,7,10-12,30H2,1H3,(H,33,36)/b14-8+,31-9?/t16-,17+/m1/s1. The fraction of sp³-hybridized carbons (Fsp3) is 0.522. The highest BCUT2D eigenvalue weighted by Gasteiger charge is 2.34. The number of nitrogens with two attached hydrogens (primary N) is 1. The van der Waals surface area contributed by atoms with Gasteiger partial charge in [-0.15, -0.1) is 0 Å². The van der Waals surface area contributed by atoms with Crippen molar-refractivity contribution in [1.29, 1.82) is 0 Å². The lowest BCUT2D eigenvalue weighted by Crippen LogP contribution is -2.55. The monoisotopic (exact) mass is 535 g/mol. The highest BCUT2D eigenvalue weighted by molar-refractivity contribution is 6.12. The largest absolute Gasteiger partial charge is 0.488 e. The molecule has 1 heterocycles. The van der Waals surface area contributed by atoms with Crippen LogP contribution in [0.15, 0.2) is 35.0 Å². The van der Waals surface area contributed by atoms with Gasteiger partial charge in [0.2, 0.25) is 5.91 Å². The summed E-state index contributed by atoms with van der Waals surface area (Å²) in [5.41, 5.74) is 4.28. The molecule has 0 aromatic heterocycles. The zero-order valence-electron chi connectivity index (χ0n) is 19.8. The molecular weight excluding hydrogens is 508 g/mol. The maximum atomic E-state index is 13.3. The maximum Gasteiger partial charge on any atom is 0.416 e. The van der Waals surface area contributed by atoms with E-state index in [1.165, 1.54) is 17.9 Å². The minimum absolute atomic E-state index is 0.0788. The predicted octanol–water partition coefficient (Wildman–Crippen LogP) is 3.24. The molecule has 3 rings (SSSR count). The number of carbonyl (C=O) groups is 2. The van der Waals surface area contributed by atoms with Crippen LogP contribution in [0.4, 0.5) is 32.0 Å². The van der Waals surface area contributed by atoms with Crippen molar-refractivity contribution in [3.05, 3.63) is 35.5 Å². The van der Waals surface area contributed by atoms with E-state index in [1.54, 1.807) is 0 Å². The molecule has 2 aliphatic rings. The first kappa shape index (κ1) is 28.1. The van der Waals surface area contributed by atoms with Gasteiger partial charge < -0.3 is 26.0 Å². The average molecular weight is 535 g/mol. The number of alkyl halides is 6. The number of nitrogens with zero attached hydrogens (tertiary/aromatic N) is 2. The van der Waals surface area contributed by atoms with Crippen molar-refractivity contribution in [2.45, 2.75) is 56.7 Å². The van der Waals surface area contributed by atoms with Gasteiger partial charge in [0.1, 0.15) is 12.3 Å². The molecule has 0 spiro atoms. The molecule has 8 nitrogen and oxygen atoms in total. The van der Waals surface area contributed by atoms with E-state index in [-0.39, 0.29) is 48.5 Å². The van der Waals surface area contributed by atoms with Gasteiger partial charge in [-0.05, 0) is 37.5 Å². The number of amides is 2. The Labute approximate surface area is 208 Å². The molecule has 1 aromatic carbocycles. The van der Waals surface area contributed by atoms with Crippen LogP contribution in [0.3, 0.4) is 0 Å². The fourth-order valence-corrected chi connectivity index (χ4v) is 3.77. The molecule has 37 heavy (non-hydrogen) atoms. The Bertz CT molecular complexity index is 1050. The minimum Gasteiger partial charge on any atom is -0.488 e. The molecule has 1 aliphatic heterocycles. The topological polar surface area (TPSA) is 109 Å². The summed E-state index contributed by atoms with van der Waals surface area (Å²) in [6.45, 7) is 0.0495. The number of hydrogen-bond donors (Lipinski definition) is 3. The number of benzene rings is 1. The van der Waals surface area contributed by atoms with Gasteiger partial charge in [-0.25, -0.2) is 0 Å². The number of carbonyl (C=O) groups excluding carboxylic acids is 2. The molecule has 0 radical (unpaired) electrons. The number of ether oxygens (including phenoxy) is 1. The molecule has 0 unspecified atom stereocenters. The number of halogens is 6. The fourth-order valence-electron chi connectivity index (χ4n) is 3.77. The summed E-state index contributed by atoms with van der Waals surface area (Å²) in [4.78, 5) is 29.3. The van der Waals surface area contributed by atoms with E-state index in [2.05, 4.69) is 15.6 Å². The van der Waals surface area contributed by atoms with Gasteiger partial charge in [0.25, 0.3) is 5.91 Å². The maximum absolute atomic E-state index is 13.3. The van der Waals surface area contributed by atoms with Gasteiger partial charge >= 0.3 is 12.4 Å². The van der Waals surface area contributed by atoms with Crippen LogP contribution in [0.25, 0.3) is 0 Å². The number of piperidine rings is 1. The van der Waals surface area contributed by atoms with Crippen LogP contribution >= 0.6 is 0 Å². The molecule has 4 N–H and O–H groups in total. The lowest BCUT2D eigenvalue weighted by Gasteiger charge is -2.38. The quantitative estimate of drug-likeness (QED) is 0.269.